The van der Waals surface area contributed by atoms with Crippen LogP contribution in [-0.4, -0.2) is 49.0 Å². The Labute approximate surface area is 189 Å². The summed E-state index contributed by atoms with van der Waals surface area (Å²) in [6.07, 6.45) is -0.138. The smallest absolute Gasteiger partial charge is 0.328 e. The molecule has 0 saturated heterocycles. The van der Waals surface area contributed by atoms with Crippen LogP contribution in [0.1, 0.15) is 18.1 Å². The molecule has 0 aliphatic heterocycles. The SMILES string of the molecule is COC(=O)[C@H](Cc1ccc(OC)c([N+](=O)[O-])c1)NC(=O)[C@H](Cc1cccc(F)c1)NC(C)=O. The lowest BCUT2D eigenvalue weighted by Gasteiger charge is -2.22. The Kier molecular flexibility index (Phi) is 8.84. The van der Waals surface area contributed by atoms with Crippen LogP contribution >= 0.6 is 0 Å². The van der Waals surface area contributed by atoms with Crippen molar-refractivity contribution < 1.29 is 33.2 Å². The predicted molar refractivity (Wildman–Crippen MR) is 115 cm³/mol. The third kappa shape index (κ3) is 7.27. The maximum Gasteiger partial charge on any atom is 0.328 e. The summed E-state index contributed by atoms with van der Waals surface area (Å²) in [7, 11) is 2.43. The van der Waals surface area contributed by atoms with Gasteiger partial charge in [0.05, 0.1) is 19.1 Å². The van der Waals surface area contributed by atoms with Gasteiger partial charge in [0.1, 0.15) is 17.9 Å². The van der Waals surface area contributed by atoms with Gasteiger partial charge in [0.25, 0.3) is 0 Å². The number of carbonyl (C=O) groups excluding carboxylic acids is 3. The molecule has 2 rings (SSSR count). The first-order chi connectivity index (χ1) is 15.6. The van der Waals surface area contributed by atoms with Crippen molar-refractivity contribution in [2.45, 2.75) is 31.8 Å². The predicted octanol–water partition coefficient (Wildman–Crippen LogP) is 1.69. The fourth-order valence-electron chi connectivity index (χ4n) is 3.20. The molecule has 2 amide bonds. The number of methoxy groups -OCH3 is 2. The van der Waals surface area contributed by atoms with E-state index in [0.29, 0.717) is 11.1 Å². The van der Waals surface area contributed by atoms with Crippen molar-refractivity contribution in [3.8, 4) is 5.75 Å². The Morgan fingerprint density at radius 2 is 1.70 bits per heavy atom. The molecule has 2 aromatic carbocycles. The van der Waals surface area contributed by atoms with Crippen molar-refractivity contribution in [3.05, 3.63) is 69.5 Å². The summed E-state index contributed by atoms with van der Waals surface area (Å²) < 4.78 is 23.2. The molecule has 0 spiro atoms. The zero-order valence-electron chi connectivity index (χ0n) is 18.3. The van der Waals surface area contributed by atoms with E-state index in [4.69, 9.17) is 9.47 Å². The second kappa shape index (κ2) is 11.6. The van der Waals surface area contributed by atoms with Crippen LogP contribution in [0.3, 0.4) is 0 Å². The fourth-order valence-corrected chi connectivity index (χ4v) is 3.20. The standard InChI is InChI=1S/C22H24FN3O7/c1-13(27)24-17(10-14-5-4-6-16(23)9-14)21(28)25-18(22(29)33-3)11-15-7-8-20(32-2)19(12-15)26(30)31/h4-9,12,17-18H,10-11H2,1-3H3,(H,24,27)(H,25,28)/t17-,18-/m0/s1. The molecular formula is C22H24FN3O7. The molecule has 0 unspecified atom stereocenters. The van der Waals surface area contributed by atoms with Gasteiger partial charge < -0.3 is 20.1 Å². The van der Waals surface area contributed by atoms with Gasteiger partial charge in [0, 0.05) is 25.8 Å². The van der Waals surface area contributed by atoms with Gasteiger partial charge in [-0.1, -0.05) is 18.2 Å². The molecule has 33 heavy (non-hydrogen) atoms. The number of benzene rings is 2. The quantitative estimate of drug-likeness (QED) is 0.312. The van der Waals surface area contributed by atoms with Crippen molar-refractivity contribution in [1.29, 1.82) is 0 Å². The van der Waals surface area contributed by atoms with Crippen LogP contribution in [0.5, 0.6) is 5.75 Å². The van der Waals surface area contributed by atoms with Crippen molar-refractivity contribution in [1.82, 2.24) is 10.6 Å². The first-order valence-electron chi connectivity index (χ1n) is 9.85. The average molecular weight is 461 g/mol. The summed E-state index contributed by atoms with van der Waals surface area (Å²) in [5, 5.41) is 16.3. The molecule has 10 nitrogen and oxygen atoms in total. The summed E-state index contributed by atoms with van der Waals surface area (Å²) >= 11 is 0. The summed E-state index contributed by atoms with van der Waals surface area (Å²) in [4.78, 5) is 47.5. The molecule has 2 atom stereocenters. The Balaban J connectivity index is 2.25. The molecule has 0 aliphatic carbocycles. The summed E-state index contributed by atoms with van der Waals surface area (Å²) in [6, 6.07) is 7.40. The van der Waals surface area contributed by atoms with Crippen LogP contribution in [0.15, 0.2) is 42.5 Å². The molecule has 2 N–H and O–H groups in total. The Morgan fingerprint density at radius 3 is 2.27 bits per heavy atom. The monoisotopic (exact) mass is 461 g/mol. The molecule has 0 heterocycles. The number of nitrogens with zero attached hydrogens (tertiary/aromatic N) is 1. The Morgan fingerprint density at radius 1 is 1.03 bits per heavy atom. The van der Waals surface area contributed by atoms with Crippen LogP contribution in [0, 0.1) is 15.9 Å². The number of amides is 2. The normalized spacial score (nSPS) is 12.2. The van der Waals surface area contributed by atoms with Gasteiger partial charge in [-0.15, -0.1) is 0 Å². The van der Waals surface area contributed by atoms with Crippen molar-refractivity contribution in [2.24, 2.45) is 0 Å². The third-order valence-corrected chi connectivity index (χ3v) is 4.70. The van der Waals surface area contributed by atoms with E-state index in [-0.39, 0.29) is 24.3 Å². The number of halogens is 1. The zero-order chi connectivity index (χ0) is 24.5. The number of hydrogen-bond donors (Lipinski definition) is 2. The van der Waals surface area contributed by atoms with E-state index >= 15 is 0 Å². The topological polar surface area (TPSA) is 137 Å². The molecule has 0 bridgehead atoms. The van der Waals surface area contributed by atoms with Gasteiger partial charge in [0.2, 0.25) is 11.8 Å². The van der Waals surface area contributed by atoms with Gasteiger partial charge >= 0.3 is 11.7 Å². The number of ether oxygens (including phenoxy) is 2. The van der Waals surface area contributed by atoms with Gasteiger partial charge in [-0.2, -0.15) is 0 Å². The number of carbonyl (C=O) groups is 3. The number of esters is 1. The molecule has 0 saturated carbocycles. The number of hydrogen-bond acceptors (Lipinski definition) is 7. The molecule has 0 aliphatic rings. The number of nitrogens with one attached hydrogen (secondary N) is 2. The van der Waals surface area contributed by atoms with Crippen LogP contribution in [0.25, 0.3) is 0 Å². The highest BCUT2D eigenvalue weighted by atomic mass is 19.1. The zero-order valence-corrected chi connectivity index (χ0v) is 18.3. The second-order valence-corrected chi connectivity index (χ2v) is 7.14. The van der Waals surface area contributed by atoms with Gasteiger partial charge in [-0.3, -0.25) is 19.7 Å². The van der Waals surface area contributed by atoms with E-state index in [1.165, 1.54) is 50.4 Å². The highest BCUT2D eigenvalue weighted by Crippen LogP contribution is 2.28. The number of nitro groups is 1. The lowest BCUT2D eigenvalue weighted by molar-refractivity contribution is -0.385. The van der Waals surface area contributed by atoms with Crippen molar-refractivity contribution in [3.63, 3.8) is 0 Å². The van der Waals surface area contributed by atoms with E-state index in [1.54, 1.807) is 6.07 Å². The molecule has 2 aromatic rings. The highest BCUT2D eigenvalue weighted by Gasteiger charge is 2.28. The molecule has 0 fully saturated rings. The lowest BCUT2D eigenvalue weighted by Crippen LogP contribution is -2.53. The number of nitro benzene ring substituents is 1. The van der Waals surface area contributed by atoms with Gasteiger partial charge in [0.15, 0.2) is 5.75 Å². The minimum absolute atomic E-state index is 0.0227. The van der Waals surface area contributed by atoms with Gasteiger partial charge in [-0.25, -0.2) is 9.18 Å². The lowest BCUT2D eigenvalue weighted by atomic mass is 10.0. The third-order valence-electron chi connectivity index (χ3n) is 4.70. The fraction of sp³-hybridized carbons (Fsp3) is 0.318. The van der Waals surface area contributed by atoms with Gasteiger partial charge in [-0.05, 0) is 29.3 Å². The first kappa shape index (κ1) is 25.2. The highest BCUT2D eigenvalue weighted by molar-refractivity contribution is 5.90. The second-order valence-electron chi connectivity index (χ2n) is 7.14. The first-order valence-corrected chi connectivity index (χ1v) is 9.85. The Bertz CT molecular complexity index is 1040. The van der Waals surface area contributed by atoms with E-state index < -0.39 is 40.6 Å². The molecule has 176 valence electrons. The molecule has 0 radical (unpaired) electrons. The summed E-state index contributed by atoms with van der Waals surface area (Å²) in [5.74, 6) is -2.43. The molecular weight excluding hydrogens is 437 g/mol. The van der Waals surface area contributed by atoms with Crippen LogP contribution < -0.4 is 15.4 Å². The van der Waals surface area contributed by atoms with Crippen LogP contribution in [-0.2, 0) is 32.0 Å². The largest absolute Gasteiger partial charge is 0.490 e. The van der Waals surface area contributed by atoms with E-state index in [0.717, 1.165) is 7.11 Å². The van der Waals surface area contributed by atoms with E-state index in [2.05, 4.69) is 10.6 Å². The minimum Gasteiger partial charge on any atom is -0.490 e. The minimum atomic E-state index is -1.20. The van der Waals surface area contributed by atoms with Crippen LogP contribution in [0.4, 0.5) is 10.1 Å². The number of rotatable bonds is 10. The Hall–Kier alpha value is -4.02. The summed E-state index contributed by atoms with van der Waals surface area (Å²) in [5.41, 5.74) is 0.538. The molecule has 11 heteroatoms. The van der Waals surface area contributed by atoms with Crippen molar-refractivity contribution >= 4 is 23.5 Å². The summed E-state index contributed by atoms with van der Waals surface area (Å²) in [6.45, 7) is 1.22. The maximum absolute atomic E-state index is 13.5. The maximum atomic E-state index is 13.5. The molecule has 0 aromatic heterocycles. The average Bonchev–Trinajstić information content (AvgIpc) is 2.77. The van der Waals surface area contributed by atoms with Crippen LogP contribution in [0.2, 0.25) is 0 Å². The van der Waals surface area contributed by atoms with E-state index in [1.807, 2.05) is 0 Å². The van der Waals surface area contributed by atoms with Crippen molar-refractivity contribution in [2.75, 3.05) is 14.2 Å². The van der Waals surface area contributed by atoms with E-state index in [9.17, 15) is 28.9 Å².